The number of oxazole rings is 1. The summed E-state index contributed by atoms with van der Waals surface area (Å²) < 4.78 is 10.8. The molecule has 9 heteroatoms. The van der Waals surface area contributed by atoms with Gasteiger partial charge in [-0.25, -0.2) is 4.98 Å². The number of aromatic nitrogens is 1. The standard InChI is InChI=1S/C22H20N4O5/c1-3-25(4-2)16-8-5-14(6-9-16)22-24-17-13-15(7-10-18(17)31-22)23-21(27)19-11-12-20(30-19)26(28)29/h5-13H,3-4H2,1-2H3,(H,23,27). The summed E-state index contributed by atoms with van der Waals surface area (Å²) in [6, 6.07) is 15.4. The van der Waals surface area contributed by atoms with E-state index in [1.165, 1.54) is 6.07 Å². The maximum atomic E-state index is 12.3. The molecule has 4 aromatic rings. The Morgan fingerprint density at radius 3 is 2.45 bits per heavy atom. The van der Waals surface area contributed by atoms with Crippen LogP contribution >= 0.6 is 0 Å². The summed E-state index contributed by atoms with van der Waals surface area (Å²) in [6.07, 6.45) is 0. The zero-order chi connectivity index (χ0) is 22.0. The minimum atomic E-state index is -0.700. The number of anilines is 2. The van der Waals surface area contributed by atoms with Crippen LogP contribution in [0.2, 0.25) is 0 Å². The van der Waals surface area contributed by atoms with Gasteiger partial charge in [0, 0.05) is 30.0 Å². The molecule has 0 saturated heterocycles. The Kier molecular flexibility index (Phi) is 5.40. The summed E-state index contributed by atoms with van der Waals surface area (Å²) in [7, 11) is 0. The lowest BCUT2D eigenvalue weighted by Crippen LogP contribution is -2.21. The van der Waals surface area contributed by atoms with Crippen LogP contribution in [0, 0.1) is 10.1 Å². The predicted octanol–water partition coefficient (Wildman–Crippen LogP) is 5.09. The first-order valence-corrected chi connectivity index (χ1v) is 9.80. The molecule has 0 aliphatic carbocycles. The zero-order valence-corrected chi connectivity index (χ0v) is 17.0. The lowest BCUT2D eigenvalue weighted by molar-refractivity contribution is -0.402. The number of rotatable bonds is 7. The number of carbonyl (C=O) groups is 1. The Labute approximate surface area is 177 Å². The normalized spacial score (nSPS) is 10.9. The van der Waals surface area contributed by atoms with Gasteiger partial charge in [0.15, 0.2) is 11.3 Å². The van der Waals surface area contributed by atoms with Crippen LogP contribution < -0.4 is 10.2 Å². The van der Waals surface area contributed by atoms with E-state index in [1.807, 2.05) is 24.3 Å². The summed E-state index contributed by atoms with van der Waals surface area (Å²) in [6.45, 7) is 6.08. The minimum Gasteiger partial charge on any atom is -0.436 e. The van der Waals surface area contributed by atoms with Crippen molar-refractivity contribution in [2.45, 2.75) is 13.8 Å². The van der Waals surface area contributed by atoms with E-state index in [4.69, 9.17) is 8.83 Å². The first kappa shape index (κ1) is 20.1. The number of nitrogens with one attached hydrogen (secondary N) is 1. The number of furan rings is 1. The van der Waals surface area contributed by atoms with Gasteiger partial charge in [0.25, 0.3) is 5.91 Å². The van der Waals surface area contributed by atoms with Crippen LogP contribution in [-0.2, 0) is 0 Å². The van der Waals surface area contributed by atoms with Crippen LogP contribution in [0.3, 0.4) is 0 Å². The number of carbonyl (C=O) groups excluding carboxylic acids is 1. The predicted molar refractivity (Wildman–Crippen MR) is 116 cm³/mol. The molecule has 0 saturated carbocycles. The third kappa shape index (κ3) is 4.11. The second-order valence-corrected chi connectivity index (χ2v) is 6.77. The molecule has 0 spiro atoms. The van der Waals surface area contributed by atoms with Crippen LogP contribution in [0.4, 0.5) is 17.3 Å². The number of benzene rings is 2. The lowest BCUT2D eigenvalue weighted by atomic mass is 10.2. The van der Waals surface area contributed by atoms with Crippen molar-refractivity contribution in [1.82, 2.24) is 4.98 Å². The molecule has 4 rings (SSSR count). The summed E-state index contributed by atoms with van der Waals surface area (Å²) in [5, 5.41) is 13.3. The highest BCUT2D eigenvalue weighted by molar-refractivity contribution is 6.03. The van der Waals surface area contributed by atoms with Gasteiger partial charge >= 0.3 is 5.88 Å². The van der Waals surface area contributed by atoms with Gasteiger partial charge in [-0.1, -0.05) is 0 Å². The first-order valence-electron chi connectivity index (χ1n) is 9.80. The van der Waals surface area contributed by atoms with Crippen LogP contribution in [0.15, 0.2) is 63.4 Å². The minimum absolute atomic E-state index is 0.152. The molecule has 2 aromatic carbocycles. The van der Waals surface area contributed by atoms with Gasteiger partial charge in [-0.3, -0.25) is 14.9 Å². The number of nitro groups is 1. The average Bonchev–Trinajstić information content (AvgIpc) is 3.42. The Hall–Kier alpha value is -4.14. The van der Waals surface area contributed by atoms with E-state index in [1.54, 1.807) is 18.2 Å². The number of fused-ring (bicyclic) bond motifs is 1. The van der Waals surface area contributed by atoms with Crippen molar-refractivity contribution < 1.29 is 18.6 Å². The molecular formula is C22H20N4O5. The van der Waals surface area contributed by atoms with Gasteiger partial charge in [0.05, 0.1) is 6.07 Å². The second-order valence-electron chi connectivity index (χ2n) is 6.77. The maximum absolute atomic E-state index is 12.3. The molecule has 0 fully saturated rings. The van der Waals surface area contributed by atoms with E-state index in [0.717, 1.165) is 30.4 Å². The van der Waals surface area contributed by atoms with Gasteiger partial charge in [0.2, 0.25) is 5.89 Å². The maximum Gasteiger partial charge on any atom is 0.433 e. The van der Waals surface area contributed by atoms with Gasteiger partial charge in [0.1, 0.15) is 10.4 Å². The number of hydrogen-bond donors (Lipinski definition) is 1. The fourth-order valence-corrected chi connectivity index (χ4v) is 3.27. The third-order valence-electron chi connectivity index (χ3n) is 4.88. The van der Waals surface area contributed by atoms with E-state index in [0.29, 0.717) is 22.7 Å². The van der Waals surface area contributed by atoms with Crippen molar-refractivity contribution in [1.29, 1.82) is 0 Å². The average molecular weight is 420 g/mol. The highest BCUT2D eigenvalue weighted by atomic mass is 16.6. The largest absolute Gasteiger partial charge is 0.436 e. The summed E-state index contributed by atoms with van der Waals surface area (Å²) in [4.78, 5) is 29.0. The fourth-order valence-electron chi connectivity index (χ4n) is 3.27. The highest BCUT2D eigenvalue weighted by Crippen LogP contribution is 2.28. The number of nitrogens with zero attached hydrogens (tertiary/aromatic N) is 3. The monoisotopic (exact) mass is 420 g/mol. The van der Waals surface area contributed by atoms with Gasteiger partial charge < -0.3 is 19.1 Å². The van der Waals surface area contributed by atoms with Crippen molar-refractivity contribution in [3.8, 4) is 11.5 Å². The molecule has 0 unspecified atom stereocenters. The third-order valence-corrected chi connectivity index (χ3v) is 4.88. The summed E-state index contributed by atoms with van der Waals surface area (Å²) in [5.41, 5.74) is 3.60. The SMILES string of the molecule is CCN(CC)c1ccc(-c2nc3cc(NC(=O)c4ccc([N+](=O)[O-])o4)ccc3o2)cc1. The molecule has 2 heterocycles. The highest BCUT2D eigenvalue weighted by Gasteiger charge is 2.18. The molecule has 1 N–H and O–H groups in total. The Bertz CT molecular complexity index is 1240. The lowest BCUT2D eigenvalue weighted by Gasteiger charge is -2.20. The van der Waals surface area contributed by atoms with Crippen LogP contribution in [0.25, 0.3) is 22.6 Å². The molecule has 1 amide bonds. The quantitative estimate of drug-likeness (QED) is 0.327. The smallest absolute Gasteiger partial charge is 0.433 e. The van der Waals surface area contributed by atoms with E-state index < -0.39 is 16.7 Å². The van der Waals surface area contributed by atoms with Crippen molar-refractivity contribution in [3.63, 3.8) is 0 Å². The number of amides is 1. The van der Waals surface area contributed by atoms with Crippen LogP contribution in [0.1, 0.15) is 24.4 Å². The molecule has 0 aliphatic rings. The Morgan fingerprint density at radius 2 is 1.81 bits per heavy atom. The van der Waals surface area contributed by atoms with E-state index in [9.17, 15) is 14.9 Å². The zero-order valence-electron chi connectivity index (χ0n) is 17.0. The van der Waals surface area contributed by atoms with Crippen molar-refractivity contribution in [3.05, 3.63) is 70.5 Å². The van der Waals surface area contributed by atoms with E-state index in [-0.39, 0.29) is 5.76 Å². The molecular weight excluding hydrogens is 400 g/mol. The fraction of sp³-hybridized carbons (Fsp3) is 0.182. The Morgan fingerprint density at radius 1 is 1.06 bits per heavy atom. The first-order chi connectivity index (χ1) is 15.0. The molecule has 0 atom stereocenters. The van der Waals surface area contributed by atoms with E-state index >= 15 is 0 Å². The van der Waals surface area contributed by atoms with Crippen LogP contribution in [0.5, 0.6) is 0 Å². The summed E-state index contributed by atoms with van der Waals surface area (Å²) >= 11 is 0. The molecule has 0 bridgehead atoms. The van der Waals surface area contributed by atoms with Crippen molar-refractivity contribution in [2.24, 2.45) is 0 Å². The topological polar surface area (TPSA) is 115 Å². The van der Waals surface area contributed by atoms with Gasteiger partial charge in [-0.15, -0.1) is 0 Å². The van der Waals surface area contributed by atoms with E-state index in [2.05, 4.69) is 29.0 Å². The van der Waals surface area contributed by atoms with Crippen molar-refractivity contribution >= 4 is 34.3 Å². The second kappa shape index (κ2) is 8.31. The van der Waals surface area contributed by atoms with Crippen molar-refractivity contribution in [2.75, 3.05) is 23.3 Å². The van der Waals surface area contributed by atoms with Crippen LogP contribution in [-0.4, -0.2) is 28.9 Å². The van der Waals surface area contributed by atoms with Gasteiger partial charge in [-0.2, -0.15) is 0 Å². The molecule has 2 aromatic heterocycles. The molecule has 0 aliphatic heterocycles. The molecule has 31 heavy (non-hydrogen) atoms. The van der Waals surface area contributed by atoms with Gasteiger partial charge in [-0.05, 0) is 62.4 Å². The molecule has 158 valence electrons. The molecule has 0 radical (unpaired) electrons. The molecule has 9 nitrogen and oxygen atoms in total. The summed E-state index contributed by atoms with van der Waals surface area (Å²) in [5.74, 6) is -0.760. The number of hydrogen-bond acceptors (Lipinski definition) is 7. The Balaban J connectivity index is 1.54.